The lowest BCUT2D eigenvalue weighted by Crippen LogP contribution is -2.57. The number of carbonyl (C=O) groups is 1. The first-order valence-electron chi connectivity index (χ1n) is 8.56. The zero-order valence-corrected chi connectivity index (χ0v) is 13.1. The number of nitrogens with one attached hydrogen (secondary N) is 1. The van der Waals surface area contributed by atoms with Gasteiger partial charge in [0.05, 0.1) is 0 Å². The molecule has 0 saturated heterocycles. The third-order valence-corrected chi connectivity index (χ3v) is 6.53. The van der Waals surface area contributed by atoms with E-state index < -0.39 is 0 Å². The summed E-state index contributed by atoms with van der Waals surface area (Å²) in [6.07, 6.45) is 9.42. The van der Waals surface area contributed by atoms with E-state index in [0.29, 0.717) is 12.5 Å². The molecule has 3 N–H and O–H groups in total. The van der Waals surface area contributed by atoms with Crippen molar-refractivity contribution in [1.82, 2.24) is 5.32 Å². The van der Waals surface area contributed by atoms with E-state index in [-0.39, 0.29) is 11.0 Å². The van der Waals surface area contributed by atoms with Gasteiger partial charge in [-0.1, -0.05) is 13.8 Å². The van der Waals surface area contributed by atoms with E-state index in [1.54, 1.807) is 0 Å². The van der Waals surface area contributed by atoms with E-state index in [1.807, 2.05) is 0 Å². The number of hydrogen-bond acceptors (Lipinski definition) is 2. The number of amides is 1. The van der Waals surface area contributed by atoms with Crippen LogP contribution in [0.4, 0.5) is 0 Å². The third-order valence-electron chi connectivity index (χ3n) is 6.53. The van der Waals surface area contributed by atoms with Crippen LogP contribution in [0, 0.1) is 23.2 Å². The highest BCUT2D eigenvalue weighted by Gasteiger charge is 2.54. The first-order valence-corrected chi connectivity index (χ1v) is 8.56. The Kier molecular flexibility index (Phi) is 3.60. The van der Waals surface area contributed by atoms with Crippen LogP contribution >= 0.6 is 0 Å². The molecule has 4 saturated carbocycles. The summed E-state index contributed by atoms with van der Waals surface area (Å²) in [5.74, 6) is 2.79. The molecule has 4 aliphatic rings. The topological polar surface area (TPSA) is 55.1 Å². The normalized spacial score (nSPS) is 39.0. The van der Waals surface area contributed by atoms with Gasteiger partial charge in [0.1, 0.15) is 0 Å². The Morgan fingerprint density at radius 2 is 1.55 bits per heavy atom. The van der Waals surface area contributed by atoms with E-state index in [2.05, 4.69) is 19.2 Å². The second kappa shape index (κ2) is 5.01. The van der Waals surface area contributed by atoms with Gasteiger partial charge in [-0.05, 0) is 69.1 Å². The van der Waals surface area contributed by atoms with Gasteiger partial charge < -0.3 is 11.1 Å². The minimum Gasteiger partial charge on any atom is -0.354 e. The molecule has 0 aliphatic heterocycles. The number of carbonyl (C=O) groups excluding carboxylic acids is 1. The minimum atomic E-state index is -0.224. The monoisotopic (exact) mass is 278 g/mol. The molecule has 0 radical (unpaired) electrons. The zero-order chi connectivity index (χ0) is 14.4. The van der Waals surface area contributed by atoms with Crippen molar-refractivity contribution in [2.24, 2.45) is 28.9 Å². The molecule has 4 bridgehead atoms. The second-order valence-electron chi connectivity index (χ2n) is 7.95. The molecular weight excluding hydrogens is 248 g/mol. The van der Waals surface area contributed by atoms with Crippen LogP contribution in [0.1, 0.15) is 65.2 Å². The molecule has 0 spiro atoms. The Balaban J connectivity index is 1.65. The maximum Gasteiger partial charge on any atom is 0.226 e. The molecule has 3 nitrogen and oxygen atoms in total. The summed E-state index contributed by atoms with van der Waals surface area (Å²) < 4.78 is 0. The maximum atomic E-state index is 12.8. The lowest BCUT2D eigenvalue weighted by molar-refractivity contribution is -0.146. The molecule has 0 aromatic carbocycles. The second-order valence-corrected chi connectivity index (χ2v) is 7.95. The molecule has 20 heavy (non-hydrogen) atoms. The van der Waals surface area contributed by atoms with Gasteiger partial charge in [0.15, 0.2) is 0 Å². The standard InChI is InChI=1S/C17H30N2O/c1-3-17(18,4-2)11-19-15(20)16-8-12-5-13(9-16)7-14(6-12)10-16/h12-14H,3-11,18H2,1-2H3,(H,19,20). The molecule has 0 aromatic heterocycles. The molecular formula is C17H30N2O. The Morgan fingerprint density at radius 1 is 1.10 bits per heavy atom. The van der Waals surface area contributed by atoms with Gasteiger partial charge in [-0.3, -0.25) is 4.79 Å². The molecule has 0 unspecified atom stereocenters. The van der Waals surface area contributed by atoms with Gasteiger partial charge in [-0.2, -0.15) is 0 Å². The molecule has 114 valence electrons. The van der Waals surface area contributed by atoms with Crippen molar-refractivity contribution in [3.63, 3.8) is 0 Å². The van der Waals surface area contributed by atoms with Crippen molar-refractivity contribution < 1.29 is 4.79 Å². The Morgan fingerprint density at radius 3 is 1.95 bits per heavy atom. The highest BCUT2D eigenvalue weighted by atomic mass is 16.2. The van der Waals surface area contributed by atoms with Crippen molar-refractivity contribution in [3.8, 4) is 0 Å². The fourth-order valence-corrected chi connectivity index (χ4v) is 5.33. The molecule has 0 heterocycles. The quantitative estimate of drug-likeness (QED) is 0.812. The van der Waals surface area contributed by atoms with Gasteiger partial charge in [-0.25, -0.2) is 0 Å². The minimum absolute atomic E-state index is 0.0306. The van der Waals surface area contributed by atoms with Crippen LogP contribution in [0.5, 0.6) is 0 Å². The molecule has 4 fully saturated rings. The highest BCUT2D eigenvalue weighted by Crippen LogP contribution is 2.60. The largest absolute Gasteiger partial charge is 0.354 e. The van der Waals surface area contributed by atoms with Crippen LogP contribution in [0.25, 0.3) is 0 Å². The fraction of sp³-hybridized carbons (Fsp3) is 0.941. The first-order chi connectivity index (χ1) is 9.48. The molecule has 0 atom stereocenters. The van der Waals surface area contributed by atoms with E-state index in [9.17, 15) is 4.79 Å². The summed E-state index contributed by atoms with van der Waals surface area (Å²) in [6, 6.07) is 0. The molecule has 4 rings (SSSR count). The summed E-state index contributed by atoms with van der Waals surface area (Å²) in [6.45, 7) is 4.86. The van der Waals surface area contributed by atoms with Crippen LogP contribution < -0.4 is 11.1 Å². The van der Waals surface area contributed by atoms with E-state index in [0.717, 1.165) is 49.9 Å². The molecule has 1 amide bonds. The summed E-state index contributed by atoms with van der Waals surface area (Å²) in [5.41, 5.74) is 6.07. The van der Waals surface area contributed by atoms with Crippen LogP contribution in [-0.4, -0.2) is 18.0 Å². The Labute approximate surface area is 123 Å². The average Bonchev–Trinajstić information content (AvgIpc) is 2.43. The number of nitrogens with two attached hydrogens (primary N) is 1. The predicted molar refractivity (Wildman–Crippen MR) is 81.1 cm³/mol. The van der Waals surface area contributed by atoms with Crippen molar-refractivity contribution in [1.29, 1.82) is 0 Å². The van der Waals surface area contributed by atoms with Gasteiger partial charge in [0.25, 0.3) is 0 Å². The average molecular weight is 278 g/mol. The van der Waals surface area contributed by atoms with Gasteiger partial charge in [0.2, 0.25) is 5.91 Å². The fourth-order valence-electron chi connectivity index (χ4n) is 5.33. The number of hydrogen-bond donors (Lipinski definition) is 2. The summed E-state index contributed by atoms with van der Waals surface area (Å²) >= 11 is 0. The SMILES string of the molecule is CCC(N)(CC)CNC(=O)C12CC3CC(CC(C3)C1)C2. The molecule has 0 aromatic rings. The van der Waals surface area contributed by atoms with Crippen molar-refractivity contribution in [2.45, 2.75) is 70.8 Å². The summed E-state index contributed by atoms with van der Waals surface area (Å²) in [7, 11) is 0. The molecule has 3 heteroatoms. The van der Waals surface area contributed by atoms with Gasteiger partial charge >= 0.3 is 0 Å². The van der Waals surface area contributed by atoms with Crippen LogP contribution in [0.3, 0.4) is 0 Å². The van der Waals surface area contributed by atoms with Crippen molar-refractivity contribution in [3.05, 3.63) is 0 Å². The van der Waals surface area contributed by atoms with Crippen LogP contribution in [0.2, 0.25) is 0 Å². The molecule has 4 aliphatic carbocycles. The lowest BCUT2D eigenvalue weighted by atomic mass is 9.49. The Bertz CT molecular complexity index is 351. The van der Waals surface area contributed by atoms with E-state index in [1.165, 1.54) is 19.3 Å². The van der Waals surface area contributed by atoms with Crippen LogP contribution in [-0.2, 0) is 4.79 Å². The maximum absolute atomic E-state index is 12.8. The van der Waals surface area contributed by atoms with E-state index in [4.69, 9.17) is 5.73 Å². The zero-order valence-electron chi connectivity index (χ0n) is 13.1. The van der Waals surface area contributed by atoms with E-state index >= 15 is 0 Å². The van der Waals surface area contributed by atoms with Crippen molar-refractivity contribution in [2.75, 3.05) is 6.54 Å². The predicted octanol–water partition coefficient (Wildman–Crippen LogP) is 2.84. The van der Waals surface area contributed by atoms with Crippen LogP contribution in [0.15, 0.2) is 0 Å². The van der Waals surface area contributed by atoms with Gasteiger partial charge in [-0.15, -0.1) is 0 Å². The smallest absolute Gasteiger partial charge is 0.226 e. The third kappa shape index (κ3) is 2.38. The summed E-state index contributed by atoms with van der Waals surface area (Å²) in [4.78, 5) is 12.8. The lowest BCUT2D eigenvalue weighted by Gasteiger charge is -2.55. The first kappa shape index (κ1) is 14.4. The van der Waals surface area contributed by atoms with Crippen molar-refractivity contribution >= 4 is 5.91 Å². The number of rotatable bonds is 5. The summed E-state index contributed by atoms with van der Waals surface area (Å²) in [5, 5.41) is 3.22. The Hall–Kier alpha value is -0.570. The van der Waals surface area contributed by atoms with Gasteiger partial charge in [0, 0.05) is 17.5 Å². The highest BCUT2D eigenvalue weighted by molar-refractivity contribution is 5.83.